The minimum atomic E-state index is -0.289. The Kier molecular flexibility index (Phi) is 6.81. The lowest BCUT2D eigenvalue weighted by atomic mass is 10.1. The first kappa shape index (κ1) is 14.1. The minimum absolute atomic E-state index is 0.289. The molecule has 5 nitrogen and oxygen atoms in total. The molecule has 0 radical (unpaired) electrons. The molecule has 1 atom stereocenters. The lowest BCUT2D eigenvalue weighted by molar-refractivity contribution is 0.130. The topological polar surface area (TPSA) is 74.2 Å². The average Bonchev–Trinajstić information content (AvgIpc) is 2.80. The van der Waals surface area contributed by atoms with Gasteiger partial charge in [-0.05, 0) is 13.3 Å². The van der Waals surface area contributed by atoms with Crippen LogP contribution in [-0.4, -0.2) is 23.4 Å². The number of rotatable bonds is 9. The molecule has 0 aliphatic carbocycles. The second-order valence-electron chi connectivity index (χ2n) is 4.12. The van der Waals surface area contributed by atoms with Gasteiger partial charge in [0.15, 0.2) is 5.82 Å². The van der Waals surface area contributed by atoms with Gasteiger partial charge in [-0.1, -0.05) is 31.3 Å². The van der Waals surface area contributed by atoms with Gasteiger partial charge in [-0.25, -0.2) is 0 Å². The van der Waals surface area contributed by atoms with Gasteiger partial charge in [-0.3, -0.25) is 0 Å². The smallest absolute Gasteiger partial charge is 0.226 e. The summed E-state index contributed by atoms with van der Waals surface area (Å²) in [5.41, 5.74) is 5.86. The van der Waals surface area contributed by atoms with Crippen molar-refractivity contribution >= 4 is 0 Å². The van der Waals surface area contributed by atoms with Gasteiger partial charge in [0.25, 0.3) is 0 Å². The quantitative estimate of drug-likeness (QED) is 0.671. The van der Waals surface area contributed by atoms with Gasteiger partial charge >= 0.3 is 0 Å². The van der Waals surface area contributed by atoms with Crippen molar-refractivity contribution in [2.75, 3.05) is 13.2 Å². The molecule has 17 heavy (non-hydrogen) atoms. The highest BCUT2D eigenvalue weighted by molar-refractivity contribution is 4.93. The zero-order chi connectivity index (χ0) is 12.5. The monoisotopic (exact) mass is 241 g/mol. The van der Waals surface area contributed by atoms with Crippen LogP contribution in [0.25, 0.3) is 0 Å². The molecule has 0 saturated carbocycles. The number of aromatic nitrogens is 2. The Balaban J connectivity index is 2.31. The van der Waals surface area contributed by atoms with E-state index in [1.165, 1.54) is 19.3 Å². The standard InChI is InChI=1S/C12H23N3O2/c1-3-5-6-7-8-11-14-12(15-17-11)10(13)9-16-4-2/h10H,3-9,13H2,1-2H3. The number of hydrogen-bond acceptors (Lipinski definition) is 5. The molecule has 1 heterocycles. The molecule has 1 rings (SSSR count). The molecule has 2 N–H and O–H groups in total. The van der Waals surface area contributed by atoms with Crippen LogP contribution in [0.5, 0.6) is 0 Å². The third-order valence-corrected chi connectivity index (χ3v) is 2.56. The maximum atomic E-state index is 5.86. The molecule has 0 spiro atoms. The zero-order valence-electron chi connectivity index (χ0n) is 10.8. The Labute approximate surface area is 103 Å². The predicted molar refractivity (Wildman–Crippen MR) is 65.6 cm³/mol. The minimum Gasteiger partial charge on any atom is -0.380 e. The van der Waals surface area contributed by atoms with Crippen LogP contribution in [0.1, 0.15) is 57.3 Å². The van der Waals surface area contributed by atoms with Crippen LogP contribution >= 0.6 is 0 Å². The Morgan fingerprint density at radius 1 is 1.29 bits per heavy atom. The molecule has 0 aliphatic heterocycles. The first-order chi connectivity index (χ1) is 8.27. The Hall–Kier alpha value is -0.940. The molecular formula is C12H23N3O2. The summed E-state index contributed by atoms with van der Waals surface area (Å²) in [6.07, 6.45) is 5.63. The van der Waals surface area contributed by atoms with Gasteiger partial charge in [0.05, 0.1) is 12.6 Å². The lowest BCUT2D eigenvalue weighted by Gasteiger charge is -2.05. The average molecular weight is 241 g/mol. The van der Waals surface area contributed by atoms with Crippen molar-refractivity contribution in [3.8, 4) is 0 Å². The van der Waals surface area contributed by atoms with Crippen molar-refractivity contribution < 1.29 is 9.26 Å². The molecule has 1 unspecified atom stereocenters. The highest BCUT2D eigenvalue weighted by Crippen LogP contribution is 2.10. The van der Waals surface area contributed by atoms with Crippen LogP contribution in [-0.2, 0) is 11.2 Å². The summed E-state index contributed by atoms with van der Waals surface area (Å²) < 4.78 is 10.4. The van der Waals surface area contributed by atoms with Crippen LogP contribution in [0, 0.1) is 0 Å². The first-order valence-electron chi connectivity index (χ1n) is 6.43. The number of ether oxygens (including phenoxy) is 1. The van der Waals surface area contributed by atoms with E-state index >= 15 is 0 Å². The van der Waals surface area contributed by atoms with E-state index in [2.05, 4.69) is 17.1 Å². The van der Waals surface area contributed by atoms with Crippen molar-refractivity contribution in [1.29, 1.82) is 0 Å². The van der Waals surface area contributed by atoms with E-state index < -0.39 is 0 Å². The number of unbranched alkanes of at least 4 members (excludes halogenated alkanes) is 3. The number of aryl methyl sites for hydroxylation is 1. The Morgan fingerprint density at radius 2 is 2.12 bits per heavy atom. The SMILES string of the molecule is CCCCCCc1nc(C(N)COCC)no1. The van der Waals surface area contributed by atoms with Crippen molar-refractivity contribution in [2.24, 2.45) is 5.73 Å². The van der Waals surface area contributed by atoms with Crippen molar-refractivity contribution in [3.05, 3.63) is 11.7 Å². The van der Waals surface area contributed by atoms with E-state index in [4.69, 9.17) is 15.0 Å². The molecule has 1 aromatic heterocycles. The number of nitrogens with zero attached hydrogens (tertiary/aromatic N) is 2. The van der Waals surface area contributed by atoms with Crippen LogP contribution in [0.4, 0.5) is 0 Å². The molecule has 0 amide bonds. The van der Waals surface area contributed by atoms with Crippen LogP contribution in [0.3, 0.4) is 0 Å². The largest absolute Gasteiger partial charge is 0.380 e. The first-order valence-corrected chi connectivity index (χ1v) is 6.43. The molecule has 5 heteroatoms. The van der Waals surface area contributed by atoms with Crippen LogP contribution in [0.2, 0.25) is 0 Å². The molecular weight excluding hydrogens is 218 g/mol. The summed E-state index contributed by atoms with van der Waals surface area (Å²) >= 11 is 0. The van der Waals surface area contributed by atoms with E-state index in [1.807, 2.05) is 6.92 Å². The summed E-state index contributed by atoms with van der Waals surface area (Å²) in [7, 11) is 0. The highest BCUT2D eigenvalue weighted by atomic mass is 16.5. The molecule has 0 saturated heterocycles. The van der Waals surface area contributed by atoms with Gasteiger partial charge in [-0.15, -0.1) is 0 Å². The fraction of sp³-hybridized carbons (Fsp3) is 0.833. The zero-order valence-corrected chi connectivity index (χ0v) is 10.8. The van der Waals surface area contributed by atoms with Crippen molar-refractivity contribution in [2.45, 2.75) is 52.0 Å². The molecule has 0 fully saturated rings. The second kappa shape index (κ2) is 8.20. The molecule has 0 aliphatic rings. The fourth-order valence-electron chi connectivity index (χ4n) is 1.54. The highest BCUT2D eigenvalue weighted by Gasteiger charge is 2.13. The van der Waals surface area contributed by atoms with Crippen LogP contribution in [0.15, 0.2) is 4.52 Å². The number of hydrogen-bond donors (Lipinski definition) is 1. The van der Waals surface area contributed by atoms with Gasteiger partial charge in [0.1, 0.15) is 0 Å². The van der Waals surface area contributed by atoms with Crippen molar-refractivity contribution in [1.82, 2.24) is 10.1 Å². The van der Waals surface area contributed by atoms with E-state index in [1.54, 1.807) is 0 Å². The molecule has 0 bridgehead atoms. The van der Waals surface area contributed by atoms with E-state index in [9.17, 15) is 0 Å². The Bertz CT molecular complexity index is 302. The van der Waals surface area contributed by atoms with Crippen LogP contribution < -0.4 is 5.73 Å². The fourth-order valence-corrected chi connectivity index (χ4v) is 1.54. The van der Waals surface area contributed by atoms with E-state index in [0.29, 0.717) is 24.9 Å². The maximum absolute atomic E-state index is 5.86. The predicted octanol–water partition coefficient (Wildman–Crippen LogP) is 2.23. The van der Waals surface area contributed by atoms with Gasteiger partial charge in [-0.2, -0.15) is 4.98 Å². The lowest BCUT2D eigenvalue weighted by Crippen LogP contribution is -2.18. The maximum Gasteiger partial charge on any atom is 0.226 e. The summed E-state index contributed by atoms with van der Waals surface area (Å²) in [4.78, 5) is 4.28. The third kappa shape index (κ3) is 5.28. The molecule has 1 aromatic rings. The van der Waals surface area contributed by atoms with Crippen molar-refractivity contribution in [3.63, 3.8) is 0 Å². The summed E-state index contributed by atoms with van der Waals surface area (Å²) in [6, 6.07) is -0.289. The summed E-state index contributed by atoms with van der Waals surface area (Å²) in [5, 5.41) is 3.88. The summed E-state index contributed by atoms with van der Waals surface area (Å²) in [6.45, 7) is 5.21. The van der Waals surface area contributed by atoms with Gasteiger partial charge < -0.3 is 15.0 Å². The number of nitrogens with two attached hydrogens (primary N) is 1. The third-order valence-electron chi connectivity index (χ3n) is 2.56. The second-order valence-corrected chi connectivity index (χ2v) is 4.12. The van der Waals surface area contributed by atoms with Gasteiger partial charge in [0, 0.05) is 13.0 Å². The molecule has 98 valence electrons. The van der Waals surface area contributed by atoms with Gasteiger partial charge in [0.2, 0.25) is 5.89 Å². The molecule has 0 aromatic carbocycles. The summed E-state index contributed by atoms with van der Waals surface area (Å²) in [5.74, 6) is 1.23. The van der Waals surface area contributed by atoms with E-state index in [-0.39, 0.29) is 6.04 Å². The van der Waals surface area contributed by atoms with E-state index in [0.717, 1.165) is 12.8 Å². The Morgan fingerprint density at radius 3 is 2.82 bits per heavy atom. The normalized spacial score (nSPS) is 12.9.